The predicted molar refractivity (Wildman–Crippen MR) is 86.5 cm³/mol. The Hall–Kier alpha value is -2.89. The lowest BCUT2D eigenvalue weighted by atomic mass is 10.1. The fraction of sp³-hybridized carbons (Fsp3) is 0.235. The molecule has 2 aromatic rings. The van der Waals surface area contributed by atoms with Gasteiger partial charge in [-0.25, -0.2) is 9.59 Å². The molecule has 0 aliphatic carbocycles. The molecule has 1 heterocycles. The van der Waals surface area contributed by atoms with Gasteiger partial charge in [0.25, 0.3) is 0 Å². The number of carboxylic acid groups (broad SMARTS) is 1. The fourth-order valence-corrected chi connectivity index (χ4v) is 1.99. The van der Waals surface area contributed by atoms with Crippen LogP contribution in [0, 0.1) is 0 Å². The van der Waals surface area contributed by atoms with E-state index in [1.54, 1.807) is 32.9 Å². The van der Waals surface area contributed by atoms with Crippen molar-refractivity contribution in [1.82, 2.24) is 4.98 Å². The number of carbonyl (C=O) groups is 2. The first-order chi connectivity index (χ1) is 10.8. The van der Waals surface area contributed by atoms with Gasteiger partial charge in [-0.2, -0.15) is 0 Å². The Balaban J connectivity index is 2.47. The van der Waals surface area contributed by atoms with Gasteiger partial charge in [0.1, 0.15) is 5.60 Å². The highest BCUT2D eigenvalue weighted by Gasteiger charge is 2.22. The van der Waals surface area contributed by atoms with Gasteiger partial charge in [-0.15, -0.1) is 0 Å². The largest absolute Gasteiger partial charge is 0.478 e. The molecule has 0 atom stereocenters. The number of anilines is 1. The molecule has 0 spiro atoms. The van der Waals surface area contributed by atoms with Gasteiger partial charge in [-0.3, -0.25) is 10.3 Å². The second-order valence-corrected chi connectivity index (χ2v) is 5.88. The third kappa shape index (κ3) is 4.29. The Labute approximate surface area is 134 Å². The second-order valence-electron chi connectivity index (χ2n) is 5.88. The summed E-state index contributed by atoms with van der Waals surface area (Å²) < 4.78 is 5.20. The number of hydrogen-bond donors (Lipinski definition) is 2. The minimum Gasteiger partial charge on any atom is -0.478 e. The zero-order valence-corrected chi connectivity index (χ0v) is 13.2. The Morgan fingerprint density at radius 1 is 1.13 bits per heavy atom. The molecule has 2 rings (SSSR count). The summed E-state index contributed by atoms with van der Waals surface area (Å²) in [5, 5.41) is 11.9. The first kappa shape index (κ1) is 16.5. The third-order valence-electron chi connectivity index (χ3n) is 2.85. The number of pyridine rings is 1. The predicted octanol–water partition coefficient (Wildman–Crippen LogP) is 3.79. The lowest BCUT2D eigenvalue weighted by molar-refractivity contribution is 0.0636. The van der Waals surface area contributed by atoms with E-state index >= 15 is 0 Å². The van der Waals surface area contributed by atoms with E-state index in [9.17, 15) is 14.7 Å². The van der Waals surface area contributed by atoms with Crippen LogP contribution in [-0.2, 0) is 4.74 Å². The van der Waals surface area contributed by atoms with Crippen molar-refractivity contribution in [3.63, 3.8) is 0 Å². The van der Waals surface area contributed by atoms with Crippen LogP contribution in [0.1, 0.15) is 31.1 Å². The molecule has 6 nitrogen and oxygen atoms in total. The van der Waals surface area contributed by atoms with Crippen LogP contribution in [0.15, 0.2) is 42.6 Å². The molecular formula is C17H18N2O4. The van der Waals surface area contributed by atoms with Crippen LogP contribution < -0.4 is 5.32 Å². The lowest BCUT2D eigenvalue weighted by Gasteiger charge is -2.21. The number of carboxylic acids is 1. The van der Waals surface area contributed by atoms with Crippen molar-refractivity contribution in [2.75, 3.05) is 5.32 Å². The number of aromatic nitrogens is 1. The van der Waals surface area contributed by atoms with E-state index in [2.05, 4.69) is 10.3 Å². The van der Waals surface area contributed by atoms with Gasteiger partial charge in [0.2, 0.25) is 0 Å². The highest BCUT2D eigenvalue weighted by atomic mass is 16.6. The number of carbonyl (C=O) groups excluding carboxylic acids is 1. The van der Waals surface area contributed by atoms with Crippen molar-refractivity contribution in [3.8, 4) is 11.3 Å². The van der Waals surface area contributed by atoms with E-state index in [1.807, 2.05) is 18.2 Å². The molecule has 2 N–H and O–H groups in total. The maximum absolute atomic E-state index is 12.0. The Morgan fingerprint density at radius 2 is 1.78 bits per heavy atom. The molecule has 6 heteroatoms. The molecule has 0 saturated carbocycles. The average Bonchev–Trinajstić information content (AvgIpc) is 2.46. The molecule has 0 radical (unpaired) electrons. The van der Waals surface area contributed by atoms with Gasteiger partial charge in [0.15, 0.2) is 0 Å². The van der Waals surface area contributed by atoms with Crippen LogP contribution in [0.2, 0.25) is 0 Å². The first-order valence-corrected chi connectivity index (χ1v) is 7.05. The zero-order valence-electron chi connectivity index (χ0n) is 13.2. The Bertz CT molecular complexity index is 721. The lowest BCUT2D eigenvalue weighted by Crippen LogP contribution is -2.28. The molecule has 1 aromatic heterocycles. The molecule has 0 aliphatic heterocycles. The van der Waals surface area contributed by atoms with Gasteiger partial charge in [0, 0.05) is 11.8 Å². The van der Waals surface area contributed by atoms with Gasteiger partial charge in [-0.1, -0.05) is 30.3 Å². The van der Waals surface area contributed by atoms with Crippen LogP contribution in [0.4, 0.5) is 10.5 Å². The summed E-state index contributed by atoms with van der Waals surface area (Å²) >= 11 is 0. The first-order valence-electron chi connectivity index (χ1n) is 7.05. The van der Waals surface area contributed by atoms with Crippen molar-refractivity contribution in [2.45, 2.75) is 26.4 Å². The van der Waals surface area contributed by atoms with Gasteiger partial charge >= 0.3 is 12.1 Å². The maximum atomic E-state index is 12.0. The summed E-state index contributed by atoms with van der Waals surface area (Å²) in [5.74, 6) is -1.16. The van der Waals surface area contributed by atoms with Crippen molar-refractivity contribution in [3.05, 3.63) is 48.2 Å². The number of hydrogen-bond acceptors (Lipinski definition) is 4. The smallest absolute Gasteiger partial charge is 0.412 e. The third-order valence-corrected chi connectivity index (χ3v) is 2.85. The summed E-state index contributed by atoms with van der Waals surface area (Å²) in [4.78, 5) is 27.7. The van der Waals surface area contributed by atoms with Crippen LogP contribution in [0.3, 0.4) is 0 Å². The average molecular weight is 314 g/mol. The number of nitrogens with zero attached hydrogens (tertiary/aromatic N) is 1. The van der Waals surface area contributed by atoms with E-state index in [-0.39, 0.29) is 11.3 Å². The highest BCUT2D eigenvalue weighted by Crippen LogP contribution is 2.29. The molecule has 120 valence electrons. The van der Waals surface area contributed by atoms with Gasteiger partial charge < -0.3 is 9.84 Å². The monoisotopic (exact) mass is 314 g/mol. The summed E-state index contributed by atoms with van der Waals surface area (Å²) in [5.41, 5.74) is 0.436. The highest BCUT2D eigenvalue weighted by molar-refractivity contribution is 6.02. The number of ether oxygens (including phenoxy) is 1. The molecule has 1 aromatic carbocycles. The van der Waals surface area contributed by atoms with E-state index in [4.69, 9.17) is 4.74 Å². The molecule has 0 aliphatic rings. The topological polar surface area (TPSA) is 88.5 Å². The van der Waals surface area contributed by atoms with Gasteiger partial charge in [0.05, 0.1) is 16.9 Å². The SMILES string of the molecule is CC(C)(C)OC(=O)Nc1c(C(=O)O)ccnc1-c1ccccc1. The zero-order chi connectivity index (χ0) is 17.0. The minimum atomic E-state index is -1.16. The van der Waals surface area contributed by atoms with Crippen molar-refractivity contribution < 1.29 is 19.4 Å². The number of rotatable bonds is 3. The normalized spacial score (nSPS) is 10.9. The molecular weight excluding hydrogens is 296 g/mol. The molecule has 0 unspecified atom stereocenters. The van der Waals surface area contributed by atoms with E-state index in [0.717, 1.165) is 0 Å². The summed E-state index contributed by atoms with van der Waals surface area (Å²) in [7, 11) is 0. The van der Waals surface area contributed by atoms with Gasteiger partial charge in [-0.05, 0) is 26.8 Å². The number of aromatic carboxylic acids is 1. The summed E-state index contributed by atoms with van der Waals surface area (Å²) in [6.07, 6.45) is 0.664. The Kier molecular flexibility index (Phi) is 4.64. The number of nitrogens with one attached hydrogen (secondary N) is 1. The van der Waals surface area contributed by atoms with E-state index in [1.165, 1.54) is 12.3 Å². The van der Waals surface area contributed by atoms with Crippen LogP contribution in [0.25, 0.3) is 11.3 Å². The minimum absolute atomic E-state index is 0.0512. The summed E-state index contributed by atoms with van der Waals surface area (Å²) in [6, 6.07) is 10.4. The Morgan fingerprint density at radius 3 is 2.35 bits per heavy atom. The molecule has 0 bridgehead atoms. The maximum Gasteiger partial charge on any atom is 0.412 e. The van der Waals surface area contributed by atoms with Crippen molar-refractivity contribution in [1.29, 1.82) is 0 Å². The van der Waals surface area contributed by atoms with Crippen molar-refractivity contribution in [2.24, 2.45) is 0 Å². The van der Waals surface area contributed by atoms with Crippen molar-refractivity contribution >= 4 is 17.7 Å². The van der Waals surface area contributed by atoms with Crippen LogP contribution in [-0.4, -0.2) is 27.8 Å². The second kappa shape index (κ2) is 6.48. The molecule has 1 amide bonds. The van der Waals surface area contributed by atoms with E-state index < -0.39 is 17.7 Å². The standard InChI is InChI=1S/C17H18N2O4/c1-17(2,3)23-16(22)19-14-12(15(20)21)9-10-18-13(14)11-7-5-4-6-8-11/h4-10H,1-3H3,(H,19,22)(H,20,21). The summed E-state index contributed by atoms with van der Waals surface area (Å²) in [6.45, 7) is 5.18. The molecule has 0 fully saturated rings. The quantitative estimate of drug-likeness (QED) is 0.899. The molecule has 23 heavy (non-hydrogen) atoms. The number of benzene rings is 1. The van der Waals surface area contributed by atoms with Crippen LogP contribution >= 0.6 is 0 Å². The number of amides is 1. The van der Waals surface area contributed by atoms with E-state index in [0.29, 0.717) is 11.3 Å². The fourth-order valence-electron chi connectivity index (χ4n) is 1.99. The molecule has 0 saturated heterocycles. The van der Waals surface area contributed by atoms with Crippen LogP contribution in [0.5, 0.6) is 0 Å².